The summed E-state index contributed by atoms with van der Waals surface area (Å²) in [7, 11) is -7.84. The first-order chi connectivity index (χ1) is 18.2. The van der Waals surface area contributed by atoms with Crippen molar-refractivity contribution in [2.24, 2.45) is 14.1 Å². The van der Waals surface area contributed by atoms with Crippen molar-refractivity contribution in [3.05, 3.63) is 72.8 Å². The molecule has 19 heteroatoms. The summed E-state index contributed by atoms with van der Waals surface area (Å²) in [6.45, 7) is 0. The molecule has 0 radical (unpaired) electrons. The third-order valence-corrected chi connectivity index (χ3v) is 8.31. The maximum atomic E-state index is 9.75. The number of fused-ring (bicyclic) bond motifs is 3. The van der Waals surface area contributed by atoms with E-state index in [2.05, 4.69) is 61.4 Å². The van der Waals surface area contributed by atoms with Gasteiger partial charge in [0, 0.05) is 0 Å². The molecule has 0 aliphatic carbocycles. The van der Waals surface area contributed by atoms with Gasteiger partial charge in [0.2, 0.25) is 0 Å². The second-order valence-corrected chi connectivity index (χ2v) is 11.9. The first kappa shape index (κ1) is 32.8. The van der Waals surface area contributed by atoms with Crippen molar-refractivity contribution in [3.8, 4) is 0 Å². The third-order valence-electron chi connectivity index (χ3n) is 4.13. The molecule has 0 unspecified atom stereocenters. The number of nitrogens with zero attached hydrogens (tertiary/aromatic N) is 6. The van der Waals surface area contributed by atoms with Crippen molar-refractivity contribution < 1.29 is 41.7 Å². The molecule has 0 aliphatic heterocycles. The van der Waals surface area contributed by atoms with Crippen molar-refractivity contribution in [2.75, 3.05) is 0 Å². The zero-order valence-electron chi connectivity index (χ0n) is 20.0. The minimum atomic E-state index is -6.00. The van der Waals surface area contributed by atoms with E-state index >= 15 is 0 Å². The van der Waals surface area contributed by atoms with Gasteiger partial charge in [0.1, 0.15) is 0 Å². The molecule has 3 aromatic carbocycles. The summed E-state index contributed by atoms with van der Waals surface area (Å²) in [6, 6.07) is 24.4. The Hall–Kier alpha value is -2.41. The molecular formula is C20H18B2F8N6Se3. The van der Waals surface area contributed by atoms with E-state index in [1.54, 1.807) is 0 Å². The summed E-state index contributed by atoms with van der Waals surface area (Å²) < 4.78 is 99.5. The standard InChI is InChI=1S/2C7H7N2Se.C6H4N2Se.2BF4/c2*1-9-7-5-3-2-4-6(7)8-10-9;1-2-4-6-5(3-1)7-9-8-6;2*2-1(3,4)5/h2*2-5H,1H3;1-4H;;/q2*+1;;2*-1. The summed E-state index contributed by atoms with van der Waals surface area (Å²) in [6.07, 6.45) is 0. The number of aryl methyl sites for hydroxylation is 2. The summed E-state index contributed by atoms with van der Waals surface area (Å²) in [4.78, 5) is 0. The van der Waals surface area contributed by atoms with Crippen LogP contribution >= 0.6 is 0 Å². The predicted octanol–water partition coefficient (Wildman–Crippen LogP) is 3.52. The van der Waals surface area contributed by atoms with Crippen molar-refractivity contribution in [1.29, 1.82) is 0 Å². The van der Waals surface area contributed by atoms with Crippen LogP contribution in [0.3, 0.4) is 0 Å². The van der Waals surface area contributed by atoms with Crippen LogP contribution in [0, 0.1) is 0 Å². The van der Waals surface area contributed by atoms with Crippen LogP contribution in [0.4, 0.5) is 34.5 Å². The van der Waals surface area contributed by atoms with Gasteiger partial charge in [0.05, 0.1) is 0 Å². The summed E-state index contributed by atoms with van der Waals surface area (Å²) >= 11 is 0.719. The monoisotopic (exact) mass is 756 g/mol. The van der Waals surface area contributed by atoms with Crippen molar-refractivity contribution in [2.45, 2.75) is 0 Å². The molecule has 0 N–H and O–H groups in total. The summed E-state index contributed by atoms with van der Waals surface area (Å²) in [5, 5.41) is 0. The number of para-hydroxylation sites is 2. The molecule has 6 nitrogen and oxygen atoms in total. The van der Waals surface area contributed by atoms with Crippen LogP contribution in [-0.2, 0) is 14.1 Å². The van der Waals surface area contributed by atoms with Crippen LogP contribution in [0.5, 0.6) is 0 Å². The van der Waals surface area contributed by atoms with E-state index in [1.807, 2.05) is 48.5 Å². The normalized spacial score (nSPS) is 10.8. The van der Waals surface area contributed by atoms with E-state index in [9.17, 15) is 34.5 Å². The molecule has 6 rings (SSSR count). The molecule has 3 heterocycles. The van der Waals surface area contributed by atoms with Crippen LogP contribution < -0.4 is 7.12 Å². The number of aromatic nitrogens is 6. The molecule has 6 aromatic rings. The Morgan fingerprint density at radius 3 is 1.08 bits per heavy atom. The van der Waals surface area contributed by atoms with E-state index in [4.69, 9.17) is 0 Å². The topological polar surface area (TPSA) is 59.3 Å². The van der Waals surface area contributed by atoms with Gasteiger partial charge in [-0.25, -0.2) is 0 Å². The number of rotatable bonds is 0. The predicted molar refractivity (Wildman–Crippen MR) is 137 cm³/mol. The average molecular weight is 753 g/mol. The van der Waals surface area contributed by atoms with Crippen molar-refractivity contribution >= 4 is 92.5 Å². The van der Waals surface area contributed by atoms with Crippen LogP contribution in [0.25, 0.3) is 33.1 Å². The quantitative estimate of drug-likeness (QED) is 0.176. The van der Waals surface area contributed by atoms with Crippen LogP contribution in [-0.4, -0.2) is 75.3 Å². The Morgan fingerprint density at radius 1 is 0.487 bits per heavy atom. The second-order valence-electron chi connectivity index (χ2n) is 7.06. The molecule has 3 aromatic heterocycles. The van der Waals surface area contributed by atoms with Crippen LogP contribution in [0.1, 0.15) is 0 Å². The SMILES string of the molecule is C[n+]1[se]nc2ccccc21.C[n+]1[se]nc2ccccc21.F[B-](F)(F)F.F[B-](F)(F)F.c1ccc2n[se]nc2c1. The molecule has 0 atom stereocenters. The molecular weight excluding hydrogens is 735 g/mol. The zero-order chi connectivity index (χ0) is 29.1. The Kier molecular flexibility index (Phi) is 12.9. The molecule has 0 fully saturated rings. The van der Waals surface area contributed by atoms with Crippen molar-refractivity contribution in [1.82, 2.24) is 15.9 Å². The Morgan fingerprint density at radius 2 is 0.769 bits per heavy atom. The Bertz CT molecular complexity index is 1450. The fraction of sp³-hybridized carbons (Fsp3) is 0.100. The minimum absolute atomic E-state index is 0.129. The fourth-order valence-electron chi connectivity index (χ4n) is 2.64. The second kappa shape index (κ2) is 15.4. The Balaban J connectivity index is 0.000000177. The number of benzene rings is 3. The molecule has 0 aliphatic rings. The van der Waals surface area contributed by atoms with E-state index in [0.29, 0.717) is 29.9 Å². The molecule has 39 heavy (non-hydrogen) atoms. The van der Waals surface area contributed by atoms with Gasteiger partial charge < -0.3 is 34.5 Å². The van der Waals surface area contributed by atoms with Crippen LogP contribution in [0.15, 0.2) is 72.8 Å². The fourth-order valence-corrected chi connectivity index (χ4v) is 6.29. The van der Waals surface area contributed by atoms with E-state index < -0.39 is 14.5 Å². The first-order valence-corrected chi connectivity index (χ1v) is 15.2. The maximum absolute atomic E-state index is 9.75. The molecule has 208 valence electrons. The molecule has 0 spiro atoms. The van der Waals surface area contributed by atoms with E-state index in [1.165, 1.54) is 11.0 Å². The van der Waals surface area contributed by atoms with Gasteiger partial charge in [-0.1, -0.05) is 0 Å². The van der Waals surface area contributed by atoms with Gasteiger partial charge in [0.25, 0.3) is 0 Å². The first-order valence-electron chi connectivity index (χ1n) is 10.6. The number of halogens is 8. The van der Waals surface area contributed by atoms with Gasteiger partial charge in [-0.2, -0.15) is 0 Å². The zero-order valence-corrected chi connectivity index (χ0v) is 25.2. The van der Waals surface area contributed by atoms with Gasteiger partial charge in [-0.05, 0) is 0 Å². The van der Waals surface area contributed by atoms with Gasteiger partial charge >= 0.3 is 202 Å². The summed E-state index contributed by atoms with van der Waals surface area (Å²) in [5.74, 6) is 0. The Labute approximate surface area is 236 Å². The van der Waals surface area contributed by atoms with Crippen molar-refractivity contribution in [3.63, 3.8) is 0 Å². The van der Waals surface area contributed by atoms with Gasteiger partial charge in [-0.3, -0.25) is 0 Å². The van der Waals surface area contributed by atoms with Gasteiger partial charge in [0.15, 0.2) is 0 Å². The molecule has 0 saturated heterocycles. The van der Waals surface area contributed by atoms with E-state index in [-0.39, 0.29) is 15.0 Å². The van der Waals surface area contributed by atoms with Crippen LogP contribution in [0.2, 0.25) is 0 Å². The van der Waals surface area contributed by atoms with E-state index in [0.717, 1.165) is 22.1 Å². The molecule has 0 amide bonds. The van der Waals surface area contributed by atoms with Gasteiger partial charge in [-0.15, -0.1) is 0 Å². The number of hydrogen-bond donors (Lipinski definition) is 0. The molecule has 0 saturated carbocycles. The molecule has 0 bridgehead atoms. The summed E-state index contributed by atoms with van der Waals surface area (Å²) in [5.41, 5.74) is 6.93. The average Bonchev–Trinajstić information content (AvgIpc) is 3.58. The number of hydrogen-bond acceptors (Lipinski definition) is 4. The third kappa shape index (κ3) is 13.5.